The largest absolute Gasteiger partial charge is 0.493 e. The zero-order valence-electron chi connectivity index (χ0n) is 16.5. The molecule has 0 spiro atoms. The summed E-state index contributed by atoms with van der Waals surface area (Å²) in [6, 6.07) is 13.9. The molecule has 1 aliphatic rings. The number of imide groups is 1. The minimum atomic E-state index is -0.409. The molecule has 1 fully saturated rings. The normalized spacial score (nSPS) is 16.4. The molecule has 0 saturated carbocycles. The van der Waals surface area contributed by atoms with Crippen LogP contribution in [-0.4, -0.2) is 41.6 Å². The fourth-order valence-electron chi connectivity index (χ4n) is 3.31. The van der Waals surface area contributed by atoms with E-state index in [1.807, 2.05) is 37.3 Å². The van der Waals surface area contributed by atoms with Crippen LogP contribution in [0.3, 0.4) is 0 Å². The first-order valence-corrected chi connectivity index (χ1v) is 11.3. The Morgan fingerprint density at radius 1 is 1.14 bits per heavy atom. The van der Waals surface area contributed by atoms with Gasteiger partial charge in [0.15, 0.2) is 11.5 Å². The number of ether oxygens (including phenoxy) is 2. The van der Waals surface area contributed by atoms with E-state index < -0.39 is 5.25 Å². The predicted molar refractivity (Wildman–Crippen MR) is 119 cm³/mol. The van der Waals surface area contributed by atoms with Gasteiger partial charge in [0.2, 0.25) is 5.91 Å². The second-order valence-electron chi connectivity index (χ2n) is 6.70. The minimum absolute atomic E-state index is 0.114. The smallest absolute Gasteiger partial charge is 0.289 e. The number of carbonyl (C=O) groups excluding carboxylic acids is 2. The maximum Gasteiger partial charge on any atom is 0.289 e. The van der Waals surface area contributed by atoms with Crippen LogP contribution in [0.15, 0.2) is 46.9 Å². The summed E-state index contributed by atoms with van der Waals surface area (Å²) in [6.45, 7) is 2.88. The molecular formula is C22H24BrNO4S. The van der Waals surface area contributed by atoms with E-state index in [2.05, 4.69) is 28.1 Å². The molecule has 0 aliphatic carbocycles. The molecule has 2 amide bonds. The Morgan fingerprint density at radius 3 is 2.59 bits per heavy atom. The molecule has 0 radical (unpaired) electrons. The molecule has 0 aromatic heterocycles. The molecule has 2 aromatic carbocycles. The molecule has 0 bridgehead atoms. The lowest BCUT2D eigenvalue weighted by molar-refractivity contribution is -0.126. The Morgan fingerprint density at radius 2 is 1.90 bits per heavy atom. The first-order chi connectivity index (χ1) is 14.0. The summed E-state index contributed by atoms with van der Waals surface area (Å²) in [5.41, 5.74) is 2.13. The standard InChI is InChI=1S/C22H24BrNO4S/c1-3-28-20-17(23)12-16(13-18(20)27-2)14-19-21(25)24(22(26)29-19)11-7-10-15-8-5-4-6-9-15/h4-6,8-9,12-13,19H,3,7,10-11,14H2,1-2H3/t19-/m0/s1. The summed E-state index contributed by atoms with van der Waals surface area (Å²) in [5, 5.41) is -0.571. The van der Waals surface area contributed by atoms with Gasteiger partial charge < -0.3 is 9.47 Å². The SMILES string of the molecule is CCOc1c(Br)cc(C[C@@H]2SC(=O)N(CCCc3ccccc3)C2=O)cc1OC. The van der Waals surface area contributed by atoms with Crippen molar-refractivity contribution in [2.24, 2.45) is 0 Å². The molecule has 154 valence electrons. The van der Waals surface area contributed by atoms with Gasteiger partial charge in [0, 0.05) is 6.54 Å². The fourth-order valence-corrected chi connectivity index (χ4v) is 4.97. The Balaban J connectivity index is 1.63. The van der Waals surface area contributed by atoms with Crippen molar-refractivity contribution in [3.05, 3.63) is 58.1 Å². The quantitative estimate of drug-likeness (QED) is 0.502. The third kappa shape index (κ3) is 5.34. The number of hydrogen-bond donors (Lipinski definition) is 0. The van der Waals surface area contributed by atoms with E-state index in [0.717, 1.165) is 34.6 Å². The summed E-state index contributed by atoms with van der Waals surface area (Å²) in [7, 11) is 1.58. The number of hydrogen-bond acceptors (Lipinski definition) is 5. The van der Waals surface area contributed by atoms with Crippen LogP contribution in [0.2, 0.25) is 0 Å². The molecule has 1 heterocycles. The number of amides is 2. The molecule has 1 saturated heterocycles. The van der Waals surface area contributed by atoms with Gasteiger partial charge in [-0.2, -0.15) is 0 Å². The van der Waals surface area contributed by atoms with Gasteiger partial charge in [0.05, 0.1) is 23.4 Å². The van der Waals surface area contributed by atoms with Crippen molar-refractivity contribution in [2.45, 2.75) is 31.4 Å². The number of methoxy groups -OCH3 is 1. The van der Waals surface area contributed by atoms with Gasteiger partial charge in [-0.3, -0.25) is 14.5 Å². The summed E-state index contributed by atoms with van der Waals surface area (Å²) in [6.07, 6.45) is 2.07. The monoisotopic (exact) mass is 477 g/mol. The lowest BCUT2D eigenvalue weighted by Gasteiger charge is -2.15. The molecule has 5 nitrogen and oxygen atoms in total. The summed E-state index contributed by atoms with van der Waals surface area (Å²) in [4.78, 5) is 26.5. The van der Waals surface area contributed by atoms with E-state index >= 15 is 0 Å². The van der Waals surface area contributed by atoms with Gasteiger partial charge in [-0.1, -0.05) is 42.1 Å². The highest BCUT2D eigenvalue weighted by molar-refractivity contribution is 9.10. The third-order valence-corrected chi connectivity index (χ3v) is 6.36. The van der Waals surface area contributed by atoms with Crippen molar-refractivity contribution in [2.75, 3.05) is 20.3 Å². The fraction of sp³-hybridized carbons (Fsp3) is 0.364. The van der Waals surface area contributed by atoms with Gasteiger partial charge in [0.1, 0.15) is 0 Å². The topological polar surface area (TPSA) is 55.8 Å². The predicted octanol–water partition coefficient (Wildman–Crippen LogP) is 5.10. The number of aryl methyl sites for hydroxylation is 1. The lowest BCUT2D eigenvalue weighted by Crippen LogP contribution is -2.33. The summed E-state index contributed by atoms with van der Waals surface area (Å²) < 4.78 is 11.8. The van der Waals surface area contributed by atoms with Crippen LogP contribution >= 0.6 is 27.7 Å². The van der Waals surface area contributed by atoms with Crippen LogP contribution in [-0.2, 0) is 17.6 Å². The summed E-state index contributed by atoms with van der Waals surface area (Å²) >= 11 is 4.62. The zero-order chi connectivity index (χ0) is 20.8. The van der Waals surface area contributed by atoms with E-state index in [1.165, 1.54) is 10.5 Å². The minimum Gasteiger partial charge on any atom is -0.493 e. The Bertz CT molecular complexity index is 875. The van der Waals surface area contributed by atoms with E-state index in [0.29, 0.717) is 31.1 Å². The van der Waals surface area contributed by atoms with Gasteiger partial charge in [0.25, 0.3) is 5.24 Å². The van der Waals surface area contributed by atoms with Crippen LogP contribution in [0.25, 0.3) is 0 Å². The Labute approximate surface area is 183 Å². The number of carbonyl (C=O) groups is 2. The Kier molecular flexibility index (Phi) is 7.61. The van der Waals surface area contributed by atoms with Crippen LogP contribution < -0.4 is 9.47 Å². The summed E-state index contributed by atoms with van der Waals surface area (Å²) in [5.74, 6) is 1.14. The first-order valence-electron chi connectivity index (χ1n) is 9.58. The average Bonchev–Trinajstić information content (AvgIpc) is 2.98. The van der Waals surface area contributed by atoms with Crippen molar-refractivity contribution in [1.29, 1.82) is 0 Å². The van der Waals surface area contributed by atoms with Gasteiger partial charge in [-0.05, 0) is 65.4 Å². The molecule has 1 aliphatic heterocycles. The molecule has 7 heteroatoms. The number of rotatable bonds is 9. The van der Waals surface area contributed by atoms with Crippen LogP contribution in [0.5, 0.6) is 11.5 Å². The molecule has 1 atom stereocenters. The molecular weight excluding hydrogens is 454 g/mol. The molecule has 0 N–H and O–H groups in total. The molecule has 2 aromatic rings. The van der Waals surface area contributed by atoms with Gasteiger partial charge in [-0.15, -0.1) is 0 Å². The number of benzene rings is 2. The second-order valence-corrected chi connectivity index (χ2v) is 8.71. The number of halogens is 1. The van der Waals surface area contributed by atoms with E-state index in [1.54, 1.807) is 7.11 Å². The van der Waals surface area contributed by atoms with E-state index in [4.69, 9.17) is 9.47 Å². The second kappa shape index (κ2) is 10.2. The number of nitrogens with zero attached hydrogens (tertiary/aromatic N) is 1. The highest BCUT2D eigenvalue weighted by Crippen LogP contribution is 2.38. The zero-order valence-corrected chi connectivity index (χ0v) is 18.9. The van der Waals surface area contributed by atoms with E-state index in [-0.39, 0.29) is 11.1 Å². The van der Waals surface area contributed by atoms with Crippen LogP contribution in [0.4, 0.5) is 4.79 Å². The highest BCUT2D eigenvalue weighted by atomic mass is 79.9. The molecule has 3 rings (SSSR count). The van der Waals surface area contributed by atoms with Gasteiger partial charge >= 0.3 is 0 Å². The van der Waals surface area contributed by atoms with Crippen molar-refractivity contribution < 1.29 is 19.1 Å². The highest BCUT2D eigenvalue weighted by Gasteiger charge is 2.39. The number of thioether (sulfide) groups is 1. The Hall–Kier alpha value is -1.99. The average molecular weight is 478 g/mol. The van der Waals surface area contributed by atoms with E-state index in [9.17, 15) is 9.59 Å². The van der Waals surface area contributed by atoms with Crippen molar-refractivity contribution >= 4 is 38.8 Å². The van der Waals surface area contributed by atoms with Crippen molar-refractivity contribution in [3.63, 3.8) is 0 Å². The lowest BCUT2D eigenvalue weighted by atomic mass is 10.1. The molecule has 0 unspecified atom stereocenters. The molecule has 29 heavy (non-hydrogen) atoms. The van der Waals surface area contributed by atoms with Crippen molar-refractivity contribution in [3.8, 4) is 11.5 Å². The first kappa shape index (κ1) is 21.7. The van der Waals surface area contributed by atoms with Crippen molar-refractivity contribution in [1.82, 2.24) is 4.90 Å². The van der Waals surface area contributed by atoms with Crippen LogP contribution in [0.1, 0.15) is 24.5 Å². The van der Waals surface area contributed by atoms with Crippen LogP contribution in [0, 0.1) is 0 Å². The maximum atomic E-state index is 12.8. The maximum absolute atomic E-state index is 12.8. The third-order valence-electron chi connectivity index (χ3n) is 4.69. The van der Waals surface area contributed by atoms with Gasteiger partial charge in [-0.25, -0.2) is 0 Å².